The molecule has 0 aromatic heterocycles. The molecule has 0 radical (unpaired) electrons. The number of nitrogens with zero attached hydrogens (tertiary/aromatic N) is 1. The second-order valence-electron chi connectivity index (χ2n) is 7.12. The van der Waals surface area contributed by atoms with E-state index in [1.807, 2.05) is 0 Å². The van der Waals surface area contributed by atoms with E-state index in [0.717, 1.165) is 18.4 Å². The maximum absolute atomic E-state index is 12.2. The van der Waals surface area contributed by atoms with Crippen LogP contribution in [0.4, 0.5) is 4.79 Å². The number of rotatable bonds is 6. The Balaban J connectivity index is 1.79. The van der Waals surface area contributed by atoms with E-state index < -0.39 is 15.1 Å². The Morgan fingerprint density at radius 3 is 2.30 bits per heavy atom. The van der Waals surface area contributed by atoms with E-state index in [1.165, 1.54) is 7.11 Å². The van der Waals surface area contributed by atoms with Crippen LogP contribution >= 0.6 is 0 Å². The summed E-state index contributed by atoms with van der Waals surface area (Å²) in [4.78, 5) is 25.6. The molecule has 1 aromatic rings. The zero-order valence-corrected chi connectivity index (χ0v) is 16.9. The van der Waals surface area contributed by atoms with Crippen LogP contribution in [0.5, 0.6) is 0 Å². The van der Waals surface area contributed by atoms with Crippen molar-refractivity contribution in [3.05, 3.63) is 29.8 Å². The Hall–Kier alpha value is -2.09. The standard InChI is InChI=1S/C19H28N2O5S/c1-14(2)27(24,25)17-6-4-15(5-7-17)12-18(22)20-13-16-8-10-21(11-9-16)19(23)26-3/h4-7,14,16H,8-13H2,1-3H3,(H,20,22). The number of ether oxygens (including phenoxy) is 1. The maximum Gasteiger partial charge on any atom is 0.409 e. The van der Waals surface area contributed by atoms with E-state index in [9.17, 15) is 18.0 Å². The van der Waals surface area contributed by atoms with Gasteiger partial charge in [-0.25, -0.2) is 13.2 Å². The highest BCUT2D eigenvalue weighted by atomic mass is 32.2. The van der Waals surface area contributed by atoms with Gasteiger partial charge in [0, 0.05) is 19.6 Å². The number of hydrogen-bond donors (Lipinski definition) is 1. The Bertz CT molecular complexity index is 751. The lowest BCUT2D eigenvalue weighted by Gasteiger charge is -2.30. The van der Waals surface area contributed by atoms with Crippen molar-refractivity contribution in [3.8, 4) is 0 Å². The zero-order chi connectivity index (χ0) is 20.0. The number of nitrogens with one attached hydrogen (secondary N) is 1. The van der Waals surface area contributed by atoms with Crippen LogP contribution in [0.15, 0.2) is 29.2 Å². The van der Waals surface area contributed by atoms with E-state index in [2.05, 4.69) is 5.32 Å². The fraction of sp³-hybridized carbons (Fsp3) is 0.579. The lowest BCUT2D eigenvalue weighted by atomic mass is 9.97. The quantitative estimate of drug-likeness (QED) is 0.794. The molecule has 0 bridgehead atoms. The third-order valence-electron chi connectivity index (χ3n) is 4.87. The highest BCUT2D eigenvalue weighted by molar-refractivity contribution is 7.92. The van der Waals surface area contributed by atoms with Crippen LogP contribution in [-0.2, 0) is 25.8 Å². The van der Waals surface area contributed by atoms with Gasteiger partial charge in [0.15, 0.2) is 9.84 Å². The van der Waals surface area contributed by atoms with Gasteiger partial charge in [0.2, 0.25) is 5.91 Å². The number of carbonyl (C=O) groups excluding carboxylic acids is 2. The van der Waals surface area contributed by atoms with Crippen LogP contribution in [0.1, 0.15) is 32.3 Å². The number of likely N-dealkylation sites (tertiary alicyclic amines) is 1. The van der Waals surface area contributed by atoms with Gasteiger partial charge in [-0.1, -0.05) is 12.1 Å². The summed E-state index contributed by atoms with van der Waals surface area (Å²) in [6.45, 7) is 5.14. The lowest BCUT2D eigenvalue weighted by Crippen LogP contribution is -2.41. The average Bonchev–Trinajstić information content (AvgIpc) is 2.66. The molecule has 2 rings (SSSR count). The molecular weight excluding hydrogens is 368 g/mol. The predicted octanol–water partition coefficient (Wildman–Crippen LogP) is 2.01. The molecule has 0 unspecified atom stereocenters. The maximum atomic E-state index is 12.2. The first-order valence-corrected chi connectivity index (χ1v) is 10.7. The molecule has 1 aliphatic heterocycles. The summed E-state index contributed by atoms with van der Waals surface area (Å²) in [5.74, 6) is 0.248. The summed E-state index contributed by atoms with van der Waals surface area (Å²) in [6.07, 6.45) is 1.57. The van der Waals surface area contributed by atoms with Gasteiger partial charge in [0.1, 0.15) is 0 Å². The third-order valence-corrected chi connectivity index (χ3v) is 7.04. The van der Waals surface area contributed by atoms with Crippen LogP contribution in [0, 0.1) is 5.92 Å². The number of methoxy groups -OCH3 is 1. The molecule has 1 fully saturated rings. The number of hydrogen-bond acceptors (Lipinski definition) is 5. The Labute approximate surface area is 161 Å². The molecule has 1 N–H and O–H groups in total. The Kier molecular flexibility index (Phi) is 7.24. The van der Waals surface area contributed by atoms with Crippen molar-refractivity contribution < 1.29 is 22.7 Å². The molecule has 0 aliphatic carbocycles. The summed E-state index contributed by atoms with van der Waals surface area (Å²) in [5, 5.41) is 2.46. The van der Waals surface area contributed by atoms with E-state index in [1.54, 1.807) is 43.0 Å². The molecule has 1 heterocycles. The zero-order valence-electron chi connectivity index (χ0n) is 16.1. The summed E-state index contributed by atoms with van der Waals surface area (Å²) < 4.78 is 28.9. The normalized spacial score (nSPS) is 15.6. The van der Waals surface area contributed by atoms with Crippen molar-refractivity contribution in [2.24, 2.45) is 5.92 Å². The molecule has 8 heteroatoms. The third kappa shape index (κ3) is 5.69. The summed E-state index contributed by atoms with van der Waals surface area (Å²) in [7, 11) is -1.92. The summed E-state index contributed by atoms with van der Waals surface area (Å²) in [6, 6.07) is 6.48. The van der Waals surface area contributed by atoms with Gasteiger partial charge in [0.05, 0.1) is 23.7 Å². The van der Waals surface area contributed by atoms with Gasteiger partial charge in [0.25, 0.3) is 0 Å². The van der Waals surface area contributed by atoms with Crippen molar-refractivity contribution in [2.75, 3.05) is 26.7 Å². The second-order valence-corrected chi connectivity index (χ2v) is 9.62. The van der Waals surface area contributed by atoms with Crippen molar-refractivity contribution in [1.29, 1.82) is 0 Å². The largest absolute Gasteiger partial charge is 0.453 e. The summed E-state index contributed by atoms with van der Waals surface area (Å²) in [5.41, 5.74) is 0.774. The lowest BCUT2D eigenvalue weighted by molar-refractivity contribution is -0.120. The molecular formula is C19H28N2O5S. The van der Waals surface area contributed by atoms with Crippen molar-refractivity contribution in [1.82, 2.24) is 10.2 Å². The SMILES string of the molecule is COC(=O)N1CCC(CNC(=O)Cc2ccc(S(=O)(=O)C(C)C)cc2)CC1. The molecule has 1 aliphatic rings. The van der Waals surface area contributed by atoms with Crippen LogP contribution in [0.25, 0.3) is 0 Å². The molecule has 1 saturated heterocycles. The number of piperidine rings is 1. The minimum atomic E-state index is -3.30. The van der Waals surface area contributed by atoms with E-state index in [-0.39, 0.29) is 23.3 Å². The van der Waals surface area contributed by atoms with Crippen LogP contribution < -0.4 is 5.32 Å². The number of amides is 2. The highest BCUT2D eigenvalue weighted by Gasteiger charge is 2.23. The monoisotopic (exact) mass is 396 g/mol. The number of sulfone groups is 1. The van der Waals surface area contributed by atoms with Crippen LogP contribution in [0.2, 0.25) is 0 Å². The molecule has 0 atom stereocenters. The minimum Gasteiger partial charge on any atom is -0.453 e. The summed E-state index contributed by atoms with van der Waals surface area (Å²) >= 11 is 0. The van der Waals surface area contributed by atoms with Gasteiger partial charge >= 0.3 is 6.09 Å². The van der Waals surface area contributed by atoms with Crippen molar-refractivity contribution >= 4 is 21.8 Å². The topological polar surface area (TPSA) is 92.8 Å². The van der Waals surface area contributed by atoms with Crippen LogP contribution in [0.3, 0.4) is 0 Å². The molecule has 7 nitrogen and oxygen atoms in total. The van der Waals surface area contributed by atoms with Gasteiger partial charge in [-0.05, 0) is 50.3 Å². The van der Waals surface area contributed by atoms with Crippen molar-refractivity contribution in [2.45, 2.75) is 43.3 Å². The fourth-order valence-corrected chi connectivity index (χ4v) is 4.08. The van der Waals surface area contributed by atoms with Gasteiger partial charge in [-0.3, -0.25) is 4.79 Å². The molecule has 2 amide bonds. The molecule has 150 valence electrons. The van der Waals surface area contributed by atoms with Gasteiger partial charge < -0.3 is 15.0 Å². The number of carbonyl (C=O) groups is 2. The predicted molar refractivity (Wildman–Crippen MR) is 102 cm³/mol. The smallest absolute Gasteiger partial charge is 0.409 e. The Morgan fingerprint density at radius 1 is 1.19 bits per heavy atom. The molecule has 1 aromatic carbocycles. The first-order chi connectivity index (χ1) is 12.7. The van der Waals surface area contributed by atoms with Gasteiger partial charge in [-0.2, -0.15) is 0 Å². The highest BCUT2D eigenvalue weighted by Crippen LogP contribution is 2.18. The second kappa shape index (κ2) is 9.21. The first-order valence-electron chi connectivity index (χ1n) is 9.16. The van der Waals surface area contributed by atoms with E-state index in [4.69, 9.17) is 4.74 Å². The first kappa shape index (κ1) is 21.2. The number of benzene rings is 1. The minimum absolute atomic E-state index is 0.0927. The van der Waals surface area contributed by atoms with Crippen molar-refractivity contribution in [3.63, 3.8) is 0 Å². The fourth-order valence-electron chi connectivity index (χ4n) is 3.02. The van der Waals surface area contributed by atoms with Gasteiger partial charge in [-0.15, -0.1) is 0 Å². The average molecular weight is 397 g/mol. The van der Waals surface area contributed by atoms with E-state index >= 15 is 0 Å². The molecule has 0 spiro atoms. The molecule has 27 heavy (non-hydrogen) atoms. The Morgan fingerprint density at radius 2 is 1.78 bits per heavy atom. The van der Waals surface area contributed by atoms with Crippen LogP contribution in [-0.4, -0.2) is 57.3 Å². The van der Waals surface area contributed by atoms with E-state index in [0.29, 0.717) is 25.6 Å². The molecule has 0 saturated carbocycles.